The first-order valence-electron chi connectivity index (χ1n) is 11.7. The Bertz CT molecular complexity index is 1620. The van der Waals surface area contributed by atoms with Crippen LogP contribution >= 0.6 is 46.5 Å². The number of alkyl halides is 1. The summed E-state index contributed by atoms with van der Waals surface area (Å²) in [5.74, 6) is -2.25. The lowest BCUT2D eigenvalue weighted by Crippen LogP contribution is -2.71. The van der Waals surface area contributed by atoms with Crippen molar-refractivity contribution in [2.24, 2.45) is 5.16 Å². The lowest BCUT2D eigenvalue weighted by atomic mass is 10.0. The van der Waals surface area contributed by atoms with Crippen molar-refractivity contribution in [3.05, 3.63) is 40.4 Å². The molecular weight excluding hydrogens is 618 g/mol. The van der Waals surface area contributed by atoms with Gasteiger partial charge in [0, 0.05) is 22.6 Å². The maximum absolute atomic E-state index is 13.1. The summed E-state index contributed by atoms with van der Waals surface area (Å²) in [6, 6.07) is 0.827. The first-order chi connectivity index (χ1) is 19.7. The smallest absolute Gasteiger partial charge is 0.352 e. The van der Waals surface area contributed by atoms with Gasteiger partial charge < -0.3 is 20.6 Å². The molecule has 19 heteroatoms. The second-order valence-corrected chi connectivity index (χ2v) is 11.7. The molecule has 5 heterocycles. The number of carboxylic acid groups (broad SMARTS) is 1. The summed E-state index contributed by atoms with van der Waals surface area (Å²) >= 11 is 9.24. The van der Waals surface area contributed by atoms with Gasteiger partial charge in [0.25, 0.3) is 17.6 Å². The van der Waals surface area contributed by atoms with Crippen LogP contribution in [0.4, 0.5) is 5.13 Å². The number of halogens is 1. The van der Waals surface area contributed by atoms with Crippen LogP contribution in [0.15, 0.2) is 39.2 Å². The summed E-state index contributed by atoms with van der Waals surface area (Å²) in [5.41, 5.74) is 1.07. The number of thioether (sulfide) groups is 2. The van der Waals surface area contributed by atoms with Crippen molar-refractivity contribution in [1.29, 1.82) is 0 Å². The molecule has 5 rings (SSSR count). The maximum atomic E-state index is 13.1. The van der Waals surface area contributed by atoms with E-state index in [4.69, 9.17) is 16.4 Å². The van der Waals surface area contributed by atoms with E-state index in [9.17, 15) is 24.3 Å². The lowest BCUT2D eigenvalue weighted by Gasteiger charge is -2.49. The zero-order valence-corrected chi connectivity index (χ0v) is 24.4. The van der Waals surface area contributed by atoms with Gasteiger partial charge in [-0.15, -0.1) is 46.5 Å². The topological polar surface area (TPSA) is 193 Å². The van der Waals surface area contributed by atoms with E-state index in [-0.39, 0.29) is 33.9 Å². The molecule has 15 nitrogen and oxygen atoms in total. The molecule has 3 aromatic heterocycles. The van der Waals surface area contributed by atoms with E-state index in [0.717, 1.165) is 22.1 Å². The third-order valence-corrected chi connectivity index (χ3v) is 9.21. The second-order valence-electron chi connectivity index (χ2n) is 8.46. The van der Waals surface area contributed by atoms with Crippen LogP contribution in [0.3, 0.4) is 0 Å². The van der Waals surface area contributed by atoms with Gasteiger partial charge in [0.05, 0.1) is 0 Å². The number of rotatable bonds is 10. The fourth-order valence-electron chi connectivity index (χ4n) is 4.05. The minimum absolute atomic E-state index is 0.109. The third kappa shape index (κ3) is 5.72. The highest BCUT2D eigenvalue weighted by Crippen LogP contribution is 2.41. The highest BCUT2D eigenvalue weighted by atomic mass is 35.5. The van der Waals surface area contributed by atoms with E-state index >= 15 is 0 Å². The predicted octanol–water partition coefficient (Wildman–Crippen LogP) is 0.948. The Balaban J connectivity index is 1.30. The Labute approximate surface area is 248 Å². The normalized spacial score (nSPS) is 18.7. The Kier molecular flexibility index (Phi) is 8.43. The number of aryl methyl sites for hydroxylation is 1. The first-order valence-corrected chi connectivity index (χ1v) is 15.1. The number of anilines is 1. The van der Waals surface area contributed by atoms with Gasteiger partial charge >= 0.3 is 5.97 Å². The minimum atomic E-state index is -1.24. The number of nitrogens with one attached hydrogen (secondary N) is 2. The molecule has 214 valence electrons. The fourth-order valence-corrected chi connectivity index (χ4v) is 7.37. The molecule has 0 unspecified atom stereocenters. The van der Waals surface area contributed by atoms with Crippen molar-refractivity contribution >= 4 is 86.8 Å². The van der Waals surface area contributed by atoms with Gasteiger partial charge in [-0.25, -0.2) is 14.8 Å². The summed E-state index contributed by atoms with van der Waals surface area (Å²) < 4.78 is 1.56. The number of thiazole rings is 1. The third-order valence-electron chi connectivity index (χ3n) is 5.79. The molecule has 3 amide bonds. The lowest BCUT2D eigenvalue weighted by molar-refractivity contribution is -0.150. The molecule has 0 aromatic carbocycles. The summed E-state index contributed by atoms with van der Waals surface area (Å²) in [6.45, 7) is 1.82. The van der Waals surface area contributed by atoms with Crippen molar-refractivity contribution in [3.8, 4) is 0 Å². The van der Waals surface area contributed by atoms with Crippen molar-refractivity contribution in [3.63, 3.8) is 0 Å². The van der Waals surface area contributed by atoms with E-state index in [1.165, 1.54) is 47.2 Å². The highest BCUT2D eigenvalue weighted by molar-refractivity contribution is 8.01. The van der Waals surface area contributed by atoms with Crippen LogP contribution in [-0.2, 0) is 24.0 Å². The number of carbonyl (C=O) groups excluding carboxylic acids is 3. The number of carbonyl (C=O) groups is 4. The highest BCUT2D eigenvalue weighted by Gasteiger charge is 2.54. The van der Waals surface area contributed by atoms with Gasteiger partial charge in [-0.1, -0.05) is 5.16 Å². The maximum Gasteiger partial charge on any atom is 0.352 e. The van der Waals surface area contributed by atoms with Gasteiger partial charge in [-0.2, -0.15) is 14.6 Å². The van der Waals surface area contributed by atoms with E-state index in [2.05, 4.69) is 35.8 Å². The minimum Gasteiger partial charge on any atom is -0.477 e. The van der Waals surface area contributed by atoms with Gasteiger partial charge in [0.2, 0.25) is 5.91 Å². The van der Waals surface area contributed by atoms with E-state index in [0.29, 0.717) is 17.1 Å². The Hall–Kier alpha value is -3.74. The number of amides is 3. The van der Waals surface area contributed by atoms with E-state index in [1.807, 2.05) is 13.0 Å². The van der Waals surface area contributed by atoms with Crippen molar-refractivity contribution in [1.82, 2.24) is 34.8 Å². The molecule has 1 fully saturated rings. The number of nitrogens with zero attached hydrogens (tertiary/aromatic N) is 7. The average molecular weight is 638 g/mol. The van der Waals surface area contributed by atoms with Gasteiger partial charge in [-0.3, -0.25) is 19.3 Å². The molecule has 2 aliphatic heterocycles. The standard InChI is InChI=1S/C22H20ClN9O6S3/c1-9-3-13(32-21(26-9)24-8-25-32)39-5-10-6-40-19-15(18(35)31(19)16(10)20(36)37)29-17(34)14(30-38-2)11-7-41-22(27-11)28-12(33)4-23/h3,7-8,15,19H,4-6H2,1-2H3,(H,29,34)(H,36,37)(H,27,28,33)/t15-,19-/m1/s1. The SMILES string of the molecule is CON=C(C(=O)N[C@@H]1C(=O)N2C(C(=O)O)=C(CSc3cc(C)nc4ncnn34)CS[C@H]12)c1csc(NC(=O)CCl)n1. The summed E-state index contributed by atoms with van der Waals surface area (Å²) in [5, 5.41) is 24.8. The number of β-lactam (4-membered cyclic amide) rings is 1. The molecule has 0 radical (unpaired) electrons. The van der Waals surface area contributed by atoms with Gasteiger partial charge in [0.15, 0.2) is 10.8 Å². The van der Waals surface area contributed by atoms with Crippen molar-refractivity contribution in [2.45, 2.75) is 23.4 Å². The summed E-state index contributed by atoms with van der Waals surface area (Å²) in [7, 11) is 1.24. The molecule has 3 N–H and O–H groups in total. The van der Waals surface area contributed by atoms with Gasteiger partial charge in [0.1, 0.15) is 47.1 Å². The van der Waals surface area contributed by atoms with E-state index < -0.39 is 35.1 Å². The summed E-state index contributed by atoms with van der Waals surface area (Å²) in [4.78, 5) is 68.6. The zero-order chi connectivity index (χ0) is 29.3. The largest absolute Gasteiger partial charge is 0.477 e. The quantitative estimate of drug-likeness (QED) is 0.0712. The number of fused-ring (bicyclic) bond motifs is 2. The Morgan fingerprint density at radius 2 is 2.15 bits per heavy atom. The van der Waals surface area contributed by atoms with Crippen LogP contribution in [0.1, 0.15) is 11.4 Å². The number of oxime groups is 1. The molecular formula is C22H20ClN9O6S3. The van der Waals surface area contributed by atoms with Crippen LogP contribution in [0.25, 0.3) is 5.78 Å². The molecule has 0 aliphatic carbocycles. The molecule has 0 bridgehead atoms. The molecule has 3 aromatic rings. The van der Waals surface area contributed by atoms with E-state index in [1.54, 1.807) is 4.52 Å². The van der Waals surface area contributed by atoms with Crippen LogP contribution in [-0.4, -0.2) is 99.9 Å². The Morgan fingerprint density at radius 3 is 2.88 bits per heavy atom. The zero-order valence-electron chi connectivity index (χ0n) is 21.2. The number of carboxylic acids is 1. The van der Waals surface area contributed by atoms with Gasteiger partial charge in [-0.05, 0) is 18.6 Å². The van der Waals surface area contributed by atoms with Crippen LogP contribution in [0, 0.1) is 6.92 Å². The van der Waals surface area contributed by atoms with Crippen LogP contribution in [0.5, 0.6) is 0 Å². The second kappa shape index (κ2) is 12.0. The first kappa shape index (κ1) is 28.8. The molecule has 41 heavy (non-hydrogen) atoms. The average Bonchev–Trinajstić information content (AvgIpc) is 3.62. The number of hydrogen-bond donors (Lipinski definition) is 3. The number of aromatic nitrogens is 5. The number of hydrogen-bond acceptors (Lipinski definition) is 13. The van der Waals surface area contributed by atoms with Crippen LogP contribution < -0.4 is 10.6 Å². The molecule has 0 spiro atoms. The monoisotopic (exact) mass is 637 g/mol. The molecule has 2 atom stereocenters. The fraction of sp³-hybridized carbons (Fsp3) is 0.318. The Morgan fingerprint density at radius 1 is 1.34 bits per heavy atom. The molecule has 0 saturated carbocycles. The predicted molar refractivity (Wildman–Crippen MR) is 151 cm³/mol. The number of aliphatic carboxylic acids is 1. The van der Waals surface area contributed by atoms with Crippen molar-refractivity contribution < 1.29 is 29.1 Å². The molecule has 2 aliphatic rings. The summed E-state index contributed by atoms with van der Waals surface area (Å²) in [6.07, 6.45) is 1.39. The van der Waals surface area contributed by atoms with Crippen LogP contribution in [0.2, 0.25) is 0 Å². The van der Waals surface area contributed by atoms with Crippen molar-refractivity contribution in [2.75, 3.05) is 29.8 Å². The molecule has 1 saturated heterocycles.